The Kier molecular flexibility index (Phi) is 4.01. The van der Waals surface area contributed by atoms with E-state index in [2.05, 4.69) is 25.7 Å². The Hall–Kier alpha value is -4.08. The minimum atomic E-state index is -0.0791. The Morgan fingerprint density at radius 3 is 2.79 bits per heavy atom. The molecule has 0 radical (unpaired) electrons. The van der Waals surface area contributed by atoms with Crippen molar-refractivity contribution in [1.29, 1.82) is 0 Å². The minimum Gasteiger partial charge on any atom is -0.486 e. The Morgan fingerprint density at radius 1 is 1.07 bits per heavy atom. The average molecular weight is 388 g/mol. The van der Waals surface area contributed by atoms with Gasteiger partial charge in [-0.3, -0.25) is 13.8 Å². The Labute approximate surface area is 164 Å². The predicted molar refractivity (Wildman–Crippen MR) is 104 cm³/mol. The van der Waals surface area contributed by atoms with Crippen molar-refractivity contribution >= 4 is 16.7 Å². The van der Waals surface area contributed by atoms with Crippen LogP contribution in [0.5, 0.6) is 5.75 Å². The van der Waals surface area contributed by atoms with E-state index in [1.54, 1.807) is 9.25 Å². The molecule has 0 spiro atoms. The lowest BCUT2D eigenvalue weighted by Crippen LogP contribution is -2.22. The molecule has 2 aromatic carbocycles. The molecule has 3 heterocycles. The monoisotopic (exact) mass is 388 g/mol. The van der Waals surface area contributed by atoms with E-state index >= 15 is 0 Å². The minimum absolute atomic E-state index is 0.0791. The summed E-state index contributed by atoms with van der Waals surface area (Å²) in [6.07, 6.45) is 1.52. The summed E-state index contributed by atoms with van der Waals surface area (Å²) >= 11 is 0. The van der Waals surface area contributed by atoms with Crippen LogP contribution in [0.3, 0.4) is 0 Å². The van der Waals surface area contributed by atoms with Gasteiger partial charge in [0.2, 0.25) is 5.78 Å². The van der Waals surface area contributed by atoms with Crippen LogP contribution in [0.2, 0.25) is 0 Å². The maximum absolute atomic E-state index is 12.7. The van der Waals surface area contributed by atoms with Gasteiger partial charge in [0.25, 0.3) is 5.56 Å². The number of aryl methyl sites for hydroxylation is 1. The number of rotatable bonds is 5. The quantitative estimate of drug-likeness (QED) is 0.450. The lowest BCUT2D eigenvalue weighted by Gasteiger charge is -2.10. The van der Waals surface area contributed by atoms with Crippen molar-refractivity contribution < 1.29 is 4.74 Å². The molecule has 0 aliphatic carbocycles. The highest BCUT2D eigenvalue weighted by Gasteiger charge is 2.16. The lowest BCUT2D eigenvalue weighted by atomic mass is 10.2. The van der Waals surface area contributed by atoms with Crippen LogP contribution in [0.25, 0.3) is 22.4 Å². The van der Waals surface area contributed by atoms with Gasteiger partial charge >= 0.3 is 0 Å². The van der Waals surface area contributed by atoms with Crippen LogP contribution in [-0.2, 0) is 13.2 Å². The number of benzene rings is 2. The molecule has 0 unspecified atom stereocenters. The molecule has 0 N–H and O–H groups in total. The molecule has 0 fully saturated rings. The summed E-state index contributed by atoms with van der Waals surface area (Å²) in [6.45, 7) is 2.60. The zero-order chi connectivity index (χ0) is 19.8. The third-order valence-electron chi connectivity index (χ3n) is 4.69. The molecule has 144 valence electrons. The molecular formula is C19H16N8O2. The smallest absolute Gasteiger partial charge is 0.262 e. The van der Waals surface area contributed by atoms with E-state index in [0.29, 0.717) is 29.3 Å². The van der Waals surface area contributed by atoms with Crippen LogP contribution in [0, 0.1) is 0 Å². The summed E-state index contributed by atoms with van der Waals surface area (Å²) in [5.41, 5.74) is 1.46. The van der Waals surface area contributed by atoms with E-state index in [4.69, 9.17) is 4.74 Å². The average Bonchev–Trinajstić information content (AvgIpc) is 3.44. The van der Waals surface area contributed by atoms with Crippen molar-refractivity contribution in [2.45, 2.75) is 20.1 Å². The highest BCUT2D eigenvalue weighted by Crippen LogP contribution is 2.19. The number of ether oxygens (including phenoxy) is 1. The van der Waals surface area contributed by atoms with Gasteiger partial charge in [-0.25, -0.2) is 4.68 Å². The summed E-state index contributed by atoms with van der Waals surface area (Å²) in [5, 5.41) is 20.3. The van der Waals surface area contributed by atoms with E-state index in [1.807, 2.05) is 59.9 Å². The van der Waals surface area contributed by atoms with E-state index in [1.165, 1.54) is 6.33 Å². The van der Waals surface area contributed by atoms with Crippen molar-refractivity contribution in [3.05, 3.63) is 71.0 Å². The van der Waals surface area contributed by atoms with Gasteiger partial charge in [0.15, 0.2) is 5.82 Å². The van der Waals surface area contributed by atoms with Crippen LogP contribution in [0.15, 0.2) is 59.7 Å². The maximum Gasteiger partial charge on any atom is 0.262 e. The molecule has 10 nitrogen and oxygen atoms in total. The van der Waals surface area contributed by atoms with Crippen molar-refractivity contribution in [2.24, 2.45) is 0 Å². The largest absolute Gasteiger partial charge is 0.486 e. The van der Waals surface area contributed by atoms with Crippen molar-refractivity contribution in [3.63, 3.8) is 0 Å². The standard InChI is InChI=1S/C19H16N8O2/c1-2-25-18(28)15-8-3-4-9-16(15)27-17(21-22-19(25)27)11-29-14-7-5-6-13(10-14)26-12-20-23-24-26/h3-10,12H,2,11H2,1H3. The zero-order valence-corrected chi connectivity index (χ0v) is 15.5. The van der Waals surface area contributed by atoms with E-state index in [-0.39, 0.29) is 12.2 Å². The van der Waals surface area contributed by atoms with Crippen LogP contribution in [0.4, 0.5) is 0 Å². The van der Waals surface area contributed by atoms with E-state index in [9.17, 15) is 4.79 Å². The summed E-state index contributed by atoms with van der Waals surface area (Å²) in [5.74, 6) is 1.74. The molecule has 3 aromatic heterocycles. The molecule has 10 heteroatoms. The fraction of sp³-hybridized carbons (Fsp3) is 0.158. The SMILES string of the molecule is CCn1c(=O)c2ccccc2n2c(COc3cccc(-n4cnnn4)c3)nnc12. The third-order valence-corrected chi connectivity index (χ3v) is 4.69. The number of aromatic nitrogens is 8. The molecule has 0 saturated carbocycles. The fourth-order valence-electron chi connectivity index (χ4n) is 3.34. The van der Waals surface area contributed by atoms with Crippen LogP contribution in [-0.4, -0.2) is 39.4 Å². The summed E-state index contributed by atoms with van der Waals surface area (Å²) in [6, 6.07) is 14.8. The molecule has 0 bridgehead atoms. The highest BCUT2D eigenvalue weighted by molar-refractivity contribution is 5.80. The molecule has 0 aliphatic rings. The number of tetrazole rings is 1. The van der Waals surface area contributed by atoms with Crippen molar-refractivity contribution in [1.82, 2.24) is 39.4 Å². The van der Waals surface area contributed by atoms with E-state index in [0.717, 1.165) is 11.2 Å². The molecule has 5 aromatic rings. The molecule has 0 atom stereocenters. The first-order valence-electron chi connectivity index (χ1n) is 9.08. The van der Waals surface area contributed by atoms with Gasteiger partial charge in [-0.15, -0.1) is 15.3 Å². The second-order valence-corrected chi connectivity index (χ2v) is 6.36. The maximum atomic E-state index is 12.7. The first-order chi connectivity index (χ1) is 14.3. The van der Waals surface area contributed by atoms with Gasteiger partial charge in [-0.05, 0) is 41.6 Å². The van der Waals surface area contributed by atoms with Crippen LogP contribution >= 0.6 is 0 Å². The highest BCUT2D eigenvalue weighted by atomic mass is 16.5. The zero-order valence-electron chi connectivity index (χ0n) is 15.5. The van der Waals surface area contributed by atoms with Crippen LogP contribution in [0.1, 0.15) is 12.7 Å². The van der Waals surface area contributed by atoms with Crippen molar-refractivity contribution in [3.8, 4) is 11.4 Å². The second-order valence-electron chi connectivity index (χ2n) is 6.36. The van der Waals surface area contributed by atoms with Crippen LogP contribution < -0.4 is 10.3 Å². The second kappa shape index (κ2) is 6.82. The number of nitrogens with zero attached hydrogens (tertiary/aromatic N) is 8. The Morgan fingerprint density at radius 2 is 1.97 bits per heavy atom. The van der Waals surface area contributed by atoms with Gasteiger partial charge in [0.05, 0.1) is 16.6 Å². The predicted octanol–water partition coefficient (Wildman–Crippen LogP) is 1.62. The molecule has 0 saturated heterocycles. The lowest BCUT2D eigenvalue weighted by molar-refractivity contribution is 0.295. The first-order valence-corrected chi connectivity index (χ1v) is 9.08. The van der Waals surface area contributed by atoms with E-state index < -0.39 is 0 Å². The molecule has 29 heavy (non-hydrogen) atoms. The number of hydrogen-bond acceptors (Lipinski definition) is 7. The van der Waals surface area contributed by atoms with Gasteiger partial charge < -0.3 is 4.74 Å². The van der Waals surface area contributed by atoms with Gasteiger partial charge in [0, 0.05) is 12.6 Å². The Balaban J connectivity index is 1.55. The number of fused-ring (bicyclic) bond motifs is 3. The fourth-order valence-corrected chi connectivity index (χ4v) is 3.34. The molecule has 5 rings (SSSR count). The molecule has 0 aliphatic heterocycles. The normalized spacial score (nSPS) is 11.3. The van der Waals surface area contributed by atoms with Gasteiger partial charge in [0.1, 0.15) is 18.7 Å². The molecular weight excluding hydrogens is 372 g/mol. The first kappa shape index (κ1) is 17.0. The summed E-state index contributed by atoms with van der Waals surface area (Å²) in [4.78, 5) is 12.7. The summed E-state index contributed by atoms with van der Waals surface area (Å²) < 4.78 is 11.0. The molecule has 0 amide bonds. The third kappa shape index (κ3) is 2.81. The van der Waals surface area contributed by atoms with Crippen molar-refractivity contribution in [2.75, 3.05) is 0 Å². The number of hydrogen-bond donors (Lipinski definition) is 0. The van der Waals surface area contributed by atoms with Gasteiger partial charge in [-0.1, -0.05) is 18.2 Å². The number of para-hydroxylation sites is 1. The summed E-state index contributed by atoms with van der Waals surface area (Å²) in [7, 11) is 0. The topological polar surface area (TPSA) is 105 Å². The van der Waals surface area contributed by atoms with Gasteiger partial charge in [-0.2, -0.15) is 0 Å². The Bertz CT molecular complexity index is 1370.